The van der Waals surface area contributed by atoms with Crippen LogP contribution >= 0.6 is 11.6 Å². The van der Waals surface area contributed by atoms with Gasteiger partial charge in [0.15, 0.2) is 0 Å². The van der Waals surface area contributed by atoms with E-state index < -0.39 is 0 Å². The molecule has 0 aliphatic carbocycles. The van der Waals surface area contributed by atoms with Crippen LogP contribution < -0.4 is 10.1 Å². The van der Waals surface area contributed by atoms with Gasteiger partial charge in [0, 0.05) is 34.4 Å². The van der Waals surface area contributed by atoms with Crippen LogP contribution in [0.3, 0.4) is 0 Å². The summed E-state index contributed by atoms with van der Waals surface area (Å²) < 4.78 is 12.1. The first-order valence-corrected chi connectivity index (χ1v) is 9.05. The Hall–Kier alpha value is -1.71. The van der Waals surface area contributed by atoms with Crippen molar-refractivity contribution >= 4 is 17.3 Å². The highest BCUT2D eigenvalue weighted by Gasteiger charge is 2.40. The molecule has 0 bridgehead atoms. The minimum atomic E-state index is 0.0911. The van der Waals surface area contributed by atoms with E-state index in [0.717, 1.165) is 35.9 Å². The van der Waals surface area contributed by atoms with Gasteiger partial charge in [-0.3, -0.25) is 0 Å². The summed E-state index contributed by atoms with van der Waals surface area (Å²) in [4.78, 5) is 0. The smallest absolute Gasteiger partial charge is 0.124 e. The van der Waals surface area contributed by atoms with Crippen LogP contribution in [0, 0.1) is 5.92 Å². The van der Waals surface area contributed by atoms with Gasteiger partial charge < -0.3 is 14.8 Å². The highest BCUT2D eigenvalue weighted by Crippen LogP contribution is 2.50. The molecule has 0 spiro atoms. The Bertz CT molecular complexity index is 733. The highest BCUT2D eigenvalue weighted by molar-refractivity contribution is 6.30. The van der Waals surface area contributed by atoms with Gasteiger partial charge in [-0.05, 0) is 44.0 Å². The molecule has 1 fully saturated rings. The molecule has 1 unspecified atom stereocenters. The molecule has 2 heterocycles. The van der Waals surface area contributed by atoms with Crippen molar-refractivity contribution in [1.29, 1.82) is 0 Å². The first-order chi connectivity index (χ1) is 11.8. The Morgan fingerprint density at radius 1 is 1.21 bits per heavy atom. The molecular weight excluding hydrogens is 322 g/mol. The van der Waals surface area contributed by atoms with Gasteiger partial charge in [0.1, 0.15) is 5.75 Å². The van der Waals surface area contributed by atoms with Crippen LogP contribution in [0.4, 0.5) is 5.69 Å². The summed E-state index contributed by atoms with van der Waals surface area (Å²) in [7, 11) is 0. The number of fused-ring (bicyclic) bond motifs is 3. The Morgan fingerprint density at radius 3 is 2.96 bits per heavy atom. The van der Waals surface area contributed by atoms with Gasteiger partial charge in [-0.15, -0.1) is 0 Å². The van der Waals surface area contributed by atoms with Crippen molar-refractivity contribution < 1.29 is 9.47 Å². The molecule has 2 aromatic rings. The zero-order valence-electron chi connectivity index (χ0n) is 13.8. The molecule has 0 radical (unpaired) electrons. The van der Waals surface area contributed by atoms with Gasteiger partial charge in [-0.2, -0.15) is 0 Å². The number of anilines is 1. The highest BCUT2D eigenvalue weighted by atomic mass is 35.5. The van der Waals surface area contributed by atoms with E-state index in [2.05, 4.69) is 29.6 Å². The summed E-state index contributed by atoms with van der Waals surface area (Å²) in [6.45, 7) is 3.50. The number of rotatable bonds is 3. The molecule has 2 aliphatic rings. The lowest BCUT2D eigenvalue weighted by atomic mass is 9.77. The normalized spacial score (nSPS) is 25.3. The molecule has 24 heavy (non-hydrogen) atoms. The molecule has 3 atom stereocenters. The standard InChI is InChI=1S/C20H22ClNO2/c1-2-23-18-8-4-3-6-14(18)19-15-7-5-11-24-20(15)16-12-13(21)9-10-17(16)22-19/h3-4,6,8-10,12,15,19-20,22H,2,5,7,11H2,1H3/t15-,19?,20-/m0/s1. The maximum atomic E-state index is 6.22. The Balaban J connectivity index is 1.78. The van der Waals surface area contributed by atoms with Gasteiger partial charge in [0.2, 0.25) is 0 Å². The second kappa shape index (κ2) is 6.66. The van der Waals surface area contributed by atoms with Crippen molar-refractivity contribution in [2.75, 3.05) is 18.5 Å². The lowest BCUT2D eigenvalue weighted by molar-refractivity contribution is -0.0383. The second-order valence-corrected chi connectivity index (χ2v) is 6.86. The monoisotopic (exact) mass is 343 g/mol. The van der Waals surface area contributed by atoms with E-state index in [1.54, 1.807) is 0 Å². The van der Waals surface area contributed by atoms with Crippen LogP contribution in [0.2, 0.25) is 5.02 Å². The predicted molar refractivity (Wildman–Crippen MR) is 96.8 cm³/mol. The zero-order chi connectivity index (χ0) is 16.5. The minimum Gasteiger partial charge on any atom is -0.494 e. The van der Waals surface area contributed by atoms with Crippen LogP contribution in [0.1, 0.15) is 43.0 Å². The topological polar surface area (TPSA) is 30.5 Å². The fourth-order valence-electron chi connectivity index (χ4n) is 3.97. The molecule has 2 aromatic carbocycles. The summed E-state index contributed by atoms with van der Waals surface area (Å²) in [6, 6.07) is 14.5. The number of para-hydroxylation sites is 1. The predicted octanol–water partition coefficient (Wildman–Crippen LogP) is 5.37. The maximum absolute atomic E-state index is 6.22. The fourth-order valence-corrected chi connectivity index (χ4v) is 4.15. The molecular formula is C20H22ClNO2. The van der Waals surface area contributed by atoms with E-state index >= 15 is 0 Å². The van der Waals surface area contributed by atoms with E-state index in [-0.39, 0.29) is 12.1 Å². The Morgan fingerprint density at radius 2 is 2.08 bits per heavy atom. The van der Waals surface area contributed by atoms with Crippen molar-refractivity contribution in [3.05, 3.63) is 58.6 Å². The molecule has 3 nitrogen and oxygen atoms in total. The van der Waals surface area contributed by atoms with Gasteiger partial charge in [-0.1, -0.05) is 29.8 Å². The van der Waals surface area contributed by atoms with Crippen LogP contribution in [0.25, 0.3) is 0 Å². The third-order valence-corrected chi connectivity index (χ3v) is 5.22. The lowest BCUT2D eigenvalue weighted by Crippen LogP contribution is -2.36. The van der Waals surface area contributed by atoms with Crippen LogP contribution in [0.15, 0.2) is 42.5 Å². The summed E-state index contributed by atoms with van der Waals surface area (Å²) >= 11 is 6.22. The summed E-state index contributed by atoms with van der Waals surface area (Å²) in [5.41, 5.74) is 3.50. The summed E-state index contributed by atoms with van der Waals surface area (Å²) in [6.07, 6.45) is 2.31. The van der Waals surface area contributed by atoms with E-state index in [0.29, 0.717) is 12.5 Å². The molecule has 4 heteroatoms. The van der Waals surface area contributed by atoms with E-state index in [4.69, 9.17) is 21.1 Å². The van der Waals surface area contributed by atoms with Gasteiger partial charge >= 0.3 is 0 Å². The molecule has 1 saturated heterocycles. The lowest BCUT2D eigenvalue weighted by Gasteiger charge is -2.43. The fraction of sp³-hybridized carbons (Fsp3) is 0.400. The van der Waals surface area contributed by atoms with Crippen LogP contribution in [0.5, 0.6) is 5.75 Å². The van der Waals surface area contributed by atoms with E-state index in [1.807, 2.05) is 25.1 Å². The molecule has 0 aromatic heterocycles. The number of halogens is 1. The molecule has 4 rings (SSSR count). The average Bonchev–Trinajstić information content (AvgIpc) is 2.62. The van der Waals surface area contributed by atoms with Crippen molar-refractivity contribution in [2.24, 2.45) is 5.92 Å². The molecule has 2 aliphatic heterocycles. The SMILES string of the molecule is CCOc1ccccc1C1Nc2ccc(Cl)cc2[C@H]2OCCC[C@@H]12. The molecule has 0 amide bonds. The summed E-state index contributed by atoms with van der Waals surface area (Å²) in [5, 5.41) is 4.48. The number of ether oxygens (including phenoxy) is 2. The minimum absolute atomic E-state index is 0.0911. The van der Waals surface area contributed by atoms with Crippen LogP contribution in [-0.2, 0) is 4.74 Å². The number of hydrogen-bond acceptors (Lipinski definition) is 3. The first kappa shape index (κ1) is 15.8. The third kappa shape index (κ3) is 2.76. The average molecular weight is 344 g/mol. The Kier molecular flexibility index (Phi) is 4.38. The second-order valence-electron chi connectivity index (χ2n) is 6.42. The first-order valence-electron chi connectivity index (χ1n) is 8.67. The van der Waals surface area contributed by atoms with Crippen molar-refractivity contribution in [3.63, 3.8) is 0 Å². The molecule has 1 N–H and O–H groups in total. The third-order valence-electron chi connectivity index (χ3n) is 4.98. The van der Waals surface area contributed by atoms with E-state index in [1.165, 1.54) is 11.1 Å². The van der Waals surface area contributed by atoms with Crippen molar-refractivity contribution in [3.8, 4) is 5.75 Å². The number of benzene rings is 2. The van der Waals surface area contributed by atoms with E-state index in [9.17, 15) is 0 Å². The zero-order valence-corrected chi connectivity index (χ0v) is 14.6. The van der Waals surface area contributed by atoms with Crippen molar-refractivity contribution in [2.45, 2.75) is 31.9 Å². The quantitative estimate of drug-likeness (QED) is 0.812. The number of hydrogen-bond donors (Lipinski definition) is 1. The molecule has 0 saturated carbocycles. The molecule has 126 valence electrons. The van der Waals surface area contributed by atoms with Crippen LogP contribution in [-0.4, -0.2) is 13.2 Å². The Labute approximate surface area is 147 Å². The van der Waals surface area contributed by atoms with Crippen molar-refractivity contribution in [1.82, 2.24) is 0 Å². The van der Waals surface area contributed by atoms with Gasteiger partial charge in [0.05, 0.1) is 18.8 Å². The largest absolute Gasteiger partial charge is 0.494 e. The number of nitrogens with one attached hydrogen (secondary N) is 1. The van der Waals surface area contributed by atoms with Gasteiger partial charge in [-0.25, -0.2) is 0 Å². The van der Waals surface area contributed by atoms with Gasteiger partial charge in [0.25, 0.3) is 0 Å². The summed E-state index contributed by atoms with van der Waals surface area (Å²) in [5.74, 6) is 1.34. The maximum Gasteiger partial charge on any atom is 0.124 e.